The van der Waals surface area contributed by atoms with E-state index in [9.17, 15) is 4.79 Å². The standard InChI is InChI=1S/C17H17N3O/c1-20-10-3-2-6-12-13-8-7-11-5-4-9-18-14(11)15(13)19-16(12)17(20)21/h4-5,7-9,19H,2-3,6,10H2,1H3. The van der Waals surface area contributed by atoms with Crippen LogP contribution in [0.2, 0.25) is 0 Å². The van der Waals surface area contributed by atoms with Crippen molar-refractivity contribution < 1.29 is 4.79 Å². The lowest BCUT2D eigenvalue weighted by Crippen LogP contribution is -2.30. The number of aryl methyl sites for hydroxylation is 1. The quantitative estimate of drug-likeness (QED) is 0.687. The van der Waals surface area contributed by atoms with E-state index >= 15 is 0 Å². The molecule has 0 saturated carbocycles. The molecule has 1 amide bonds. The summed E-state index contributed by atoms with van der Waals surface area (Å²) in [6, 6.07) is 8.19. The highest BCUT2D eigenvalue weighted by molar-refractivity contribution is 6.09. The lowest BCUT2D eigenvalue weighted by Gasteiger charge is -2.20. The van der Waals surface area contributed by atoms with Gasteiger partial charge in [0.2, 0.25) is 0 Å². The Bertz CT molecular complexity index is 850. The molecule has 4 heteroatoms. The van der Waals surface area contributed by atoms with Gasteiger partial charge in [-0.2, -0.15) is 0 Å². The number of pyridine rings is 1. The molecule has 0 saturated heterocycles. The zero-order valence-corrected chi connectivity index (χ0v) is 12.0. The van der Waals surface area contributed by atoms with Crippen LogP contribution in [-0.4, -0.2) is 34.4 Å². The summed E-state index contributed by atoms with van der Waals surface area (Å²) < 4.78 is 0. The smallest absolute Gasteiger partial charge is 0.270 e. The first kappa shape index (κ1) is 12.4. The predicted molar refractivity (Wildman–Crippen MR) is 83.5 cm³/mol. The number of aromatic amines is 1. The third kappa shape index (κ3) is 1.82. The van der Waals surface area contributed by atoms with Gasteiger partial charge in [-0.1, -0.05) is 18.2 Å². The fraction of sp³-hybridized carbons (Fsp3) is 0.294. The van der Waals surface area contributed by atoms with Crippen LogP contribution >= 0.6 is 0 Å². The van der Waals surface area contributed by atoms with Crippen molar-refractivity contribution in [3.8, 4) is 0 Å². The highest BCUT2D eigenvalue weighted by atomic mass is 16.2. The molecule has 4 rings (SSSR count). The molecule has 0 fully saturated rings. The Labute approximate surface area is 122 Å². The first-order chi connectivity index (χ1) is 10.3. The van der Waals surface area contributed by atoms with E-state index in [4.69, 9.17) is 0 Å². The number of hydrogen-bond donors (Lipinski definition) is 1. The molecule has 1 N–H and O–H groups in total. The average Bonchev–Trinajstić information content (AvgIpc) is 2.88. The molecule has 4 nitrogen and oxygen atoms in total. The van der Waals surface area contributed by atoms with Gasteiger partial charge in [0, 0.05) is 30.6 Å². The molecule has 0 unspecified atom stereocenters. The van der Waals surface area contributed by atoms with Gasteiger partial charge in [-0.3, -0.25) is 9.78 Å². The second-order valence-corrected chi connectivity index (χ2v) is 5.73. The van der Waals surface area contributed by atoms with E-state index in [1.165, 1.54) is 0 Å². The van der Waals surface area contributed by atoms with Crippen molar-refractivity contribution in [1.29, 1.82) is 0 Å². The number of carbonyl (C=O) groups is 1. The second-order valence-electron chi connectivity index (χ2n) is 5.73. The molecule has 106 valence electrons. The third-order valence-corrected chi connectivity index (χ3v) is 4.38. The Balaban J connectivity index is 2.05. The maximum atomic E-state index is 12.6. The summed E-state index contributed by atoms with van der Waals surface area (Å²) in [5.74, 6) is 0.0879. The van der Waals surface area contributed by atoms with Gasteiger partial charge in [0.1, 0.15) is 5.69 Å². The van der Waals surface area contributed by atoms with E-state index in [1.54, 1.807) is 6.20 Å². The van der Waals surface area contributed by atoms with Gasteiger partial charge < -0.3 is 9.88 Å². The molecule has 3 heterocycles. The van der Waals surface area contributed by atoms with E-state index in [2.05, 4.69) is 22.1 Å². The van der Waals surface area contributed by atoms with E-state index in [-0.39, 0.29) is 5.91 Å². The third-order valence-electron chi connectivity index (χ3n) is 4.38. The van der Waals surface area contributed by atoms with Crippen molar-refractivity contribution in [2.45, 2.75) is 19.3 Å². The molecule has 0 spiro atoms. The monoisotopic (exact) mass is 279 g/mol. The number of nitrogens with zero attached hydrogens (tertiary/aromatic N) is 2. The van der Waals surface area contributed by atoms with Gasteiger partial charge in [0.05, 0.1) is 11.0 Å². The van der Waals surface area contributed by atoms with Gasteiger partial charge in [0.25, 0.3) is 5.91 Å². The van der Waals surface area contributed by atoms with Gasteiger partial charge in [-0.05, 0) is 30.9 Å². The Morgan fingerprint density at radius 2 is 2.14 bits per heavy atom. The molecule has 0 atom stereocenters. The zero-order valence-electron chi connectivity index (χ0n) is 12.0. The number of aromatic nitrogens is 2. The molecule has 3 aromatic rings. The number of rotatable bonds is 0. The zero-order chi connectivity index (χ0) is 14.4. The van der Waals surface area contributed by atoms with Crippen LogP contribution < -0.4 is 0 Å². The van der Waals surface area contributed by atoms with Crippen molar-refractivity contribution in [3.05, 3.63) is 41.7 Å². The minimum atomic E-state index is 0.0879. The Kier molecular flexibility index (Phi) is 2.70. The number of benzene rings is 1. The number of nitrogens with one attached hydrogen (secondary N) is 1. The Morgan fingerprint density at radius 1 is 1.24 bits per heavy atom. The lowest BCUT2D eigenvalue weighted by atomic mass is 10.0. The van der Waals surface area contributed by atoms with E-state index < -0.39 is 0 Å². The number of fused-ring (bicyclic) bond motifs is 5. The highest BCUT2D eigenvalue weighted by Gasteiger charge is 2.23. The SMILES string of the molecule is CN1CCCCc2c([nH]c3c2ccc2cccnc23)C1=O. The van der Waals surface area contributed by atoms with Crippen molar-refractivity contribution in [2.75, 3.05) is 13.6 Å². The molecule has 0 aliphatic carbocycles. The minimum Gasteiger partial charge on any atom is -0.349 e. The maximum absolute atomic E-state index is 12.6. The molecule has 1 aromatic carbocycles. The molecule has 2 aromatic heterocycles. The van der Waals surface area contributed by atoms with Crippen LogP contribution in [0.3, 0.4) is 0 Å². The van der Waals surface area contributed by atoms with Crippen LogP contribution in [0.25, 0.3) is 21.8 Å². The van der Waals surface area contributed by atoms with Crippen molar-refractivity contribution in [3.63, 3.8) is 0 Å². The van der Waals surface area contributed by atoms with Gasteiger partial charge in [-0.15, -0.1) is 0 Å². The topological polar surface area (TPSA) is 49.0 Å². The Hall–Kier alpha value is -2.36. The summed E-state index contributed by atoms with van der Waals surface area (Å²) in [7, 11) is 1.87. The summed E-state index contributed by atoms with van der Waals surface area (Å²) in [6.45, 7) is 0.826. The van der Waals surface area contributed by atoms with Crippen LogP contribution in [0, 0.1) is 0 Å². The fourth-order valence-corrected chi connectivity index (χ4v) is 3.24. The number of amides is 1. The largest absolute Gasteiger partial charge is 0.349 e. The normalized spacial score (nSPS) is 16.0. The maximum Gasteiger partial charge on any atom is 0.270 e. The number of H-pyrrole nitrogens is 1. The first-order valence-corrected chi connectivity index (χ1v) is 7.39. The van der Waals surface area contributed by atoms with Crippen LogP contribution in [0.4, 0.5) is 0 Å². The van der Waals surface area contributed by atoms with Crippen LogP contribution in [0.1, 0.15) is 28.9 Å². The average molecular weight is 279 g/mol. The molecule has 0 bridgehead atoms. The van der Waals surface area contributed by atoms with Gasteiger partial charge in [0.15, 0.2) is 0 Å². The van der Waals surface area contributed by atoms with Crippen LogP contribution in [-0.2, 0) is 6.42 Å². The molecule has 21 heavy (non-hydrogen) atoms. The van der Waals surface area contributed by atoms with Crippen LogP contribution in [0.5, 0.6) is 0 Å². The van der Waals surface area contributed by atoms with Crippen molar-refractivity contribution in [2.24, 2.45) is 0 Å². The Morgan fingerprint density at radius 3 is 3.05 bits per heavy atom. The molecule has 0 radical (unpaired) electrons. The number of carbonyl (C=O) groups excluding carboxylic acids is 1. The van der Waals surface area contributed by atoms with E-state index in [1.807, 2.05) is 24.1 Å². The summed E-state index contributed by atoms with van der Waals surface area (Å²) >= 11 is 0. The molecular weight excluding hydrogens is 262 g/mol. The van der Waals surface area contributed by atoms with Gasteiger partial charge in [-0.25, -0.2) is 0 Å². The van der Waals surface area contributed by atoms with Crippen molar-refractivity contribution >= 4 is 27.7 Å². The lowest BCUT2D eigenvalue weighted by molar-refractivity contribution is 0.0783. The molecular formula is C17H17N3O. The van der Waals surface area contributed by atoms with Crippen LogP contribution in [0.15, 0.2) is 30.5 Å². The number of hydrogen-bond acceptors (Lipinski definition) is 2. The summed E-state index contributed by atoms with van der Waals surface area (Å²) in [5, 5.41) is 2.24. The minimum absolute atomic E-state index is 0.0879. The van der Waals surface area contributed by atoms with E-state index in [0.29, 0.717) is 0 Å². The first-order valence-electron chi connectivity index (χ1n) is 7.39. The fourth-order valence-electron chi connectivity index (χ4n) is 3.24. The van der Waals surface area contributed by atoms with Gasteiger partial charge >= 0.3 is 0 Å². The predicted octanol–water partition coefficient (Wildman–Crippen LogP) is 3.12. The summed E-state index contributed by atoms with van der Waals surface area (Å²) in [6.07, 6.45) is 4.92. The summed E-state index contributed by atoms with van der Waals surface area (Å²) in [5.41, 5.74) is 3.82. The molecule has 1 aliphatic heterocycles. The van der Waals surface area contributed by atoms with E-state index in [0.717, 1.165) is 58.9 Å². The highest BCUT2D eigenvalue weighted by Crippen LogP contribution is 2.30. The summed E-state index contributed by atoms with van der Waals surface area (Å²) in [4.78, 5) is 22.2. The molecule has 1 aliphatic rings. The van der Waals surface area contributed by atoms with Crippen molar-refractivity contribution in [1.82, 2.24) is 14.9 Å². The second kappa shape index (κ2) is 4.58.